The van der Waals surface area contributed by atoms with E-state index < -0.39 is 7.75 Å². The summed E-state index contributed by atoms with van der Waals surface area (Å²) >= 11 is 0. The summed E-state index contributed by atoms with van der Waals surface area (Å²) in [5, 5.41) is 0.977. The first-order valence-corrected chi connectivity index (χ1v) is 15.1. The van der Waals surface area contributed by atoms with Crippen LogP contribution in [0.5, 0.6) is 5.75 Å². The van der Waals surface area contributed by atoms with Crippen molar-refractivity contribution in [1.82, 2.24) is 19.0 Å². The molecule has 3 saturated heterocycles. The lowest BCUT2D eigenvalue weighted by atomic mass is 9.65. The zero-order valence-corrected chi connectivity index (χ0v) is 23.3. The summed E-state index contributed by atoms with van der Waals surface area (Å²) in [6.45, 7) is 7.43. The summed E-state index contributed by atoms with van der Waals surface area (Å²) in [5.41, 5.74) is 3.11. The molecule has 7 rings (SSSR count). The third-order valence-corrected chi connectivity index (χ3v) is 11.1. The van der Waals surface area contributed by atoms with Gasteiger partial charge in [-0.2, -0.15) is 0 Å². The van der Waals surface area contributed by atoms with Crippen molar-refractivity contribution in [3.8, 4) is 5.75 Å². The fraction of sp³-hybridized carbons (Fsp3) is 0.667. The van der Waals surface area contributed by atoms with Crippen molar-refractivity contribution < 1.29 is 23.1 Å². The molecule has 5 atom stereocenters. The maximum absolute atomic E-state index is 14.0. The molecule has 4 bridgehead atoms. The van der Waals surface area contributed by atoms with E-state index in [0.717, 1.165) is 62.0 Å². The summed E-state index contributed by atoms with van der Waals surface area (Å²) in [6, 6.07) is 6.11. The van der Waals surface area contributed by atoms with Gasteiger partial charge < -0.3 is 14.5 Å². The second-order valence-corrected chi connectivity index (χ2v) is 13.3. The Kier molecular flexibility index (Phi) is 6.65. The van der Waals surface area contributed by atoms with Crippen LogP contribution in [0, 0.1) is 11.8 Å². The Balaban J connectivity index is 1.44. The number of hydrogen-bond donors (Lipinski definition) is 0. The third kappa shape index (κ3) is 4.14. The van der Waals surface area contributed by atoms with E-state index in [1.54, 1.807) is 11.0 Å². The normalized spacial score (nSPS) is 29.8. The van der Waals surface area contributed by atoms with Crippen molar-refractivity contribution in [3.05, 3.63) is 29.5 Å². The molecule has 5 heterocycles. The topological polar surface area (TPSA) is 76.5 Å². The molecule has 0 spiro atoms. The zero-order chi connectivity index (χ0) is 25.9. The monoisotopic (exact) mass is 530 g/mol. The number of fused-ring (bicyclic) bond motifs is 4. The fourth-order valence-electron chi connectivity index (χ4n) is 7.52. The van der Waals surface area contributed by atoms with Crippen molar-refractivity contribution in [3.63, 3.8) is 0 Å². The van der Waals surface area contributed by atoms with Crippen LogP contribution in [0.15, 0.2) is 18.2 Å². The van der Waals surface area contributed by atoms with Crippen LogP contribution in [0.4, 0.5) is 4.79 Å². The number of carbonyl (C=O) groups is 1. The predicted molar refractivity (Wildman–Crippen MR) is 142 cm³/mol. The number of aromatic nitrogens is 1. The number of rotatable bonds is 5. The van der Waals surface area contributed by atoms with Crippen LogP contribution in [-0.4, -0.2) is 91.7 Å². The molecule has 4 aliphatic heterocycles. The van der Waals surface area contributed by atoms with Crippen LogP contribution in [0.1, 0.15) is 43.4 Å². The molecule has 37 heavy (non-hydrogen) atoms. The number of amides is 1. The number of ether oxygens (including phenoxy) is 1. The van der Waals surface area contributed by atoms with E-state index >= 15 is 0 Å². The van der Waals surface area contributed by atoms with Gasteiger partial charge in [0.2, 0.25) is 0 Å². The molecular formula is C27H39N4O5P. The van der Waals surface area contributed by atoms with Crippen LogP contribution in [0.3, 0.4) is 0 Å². The van der Waals surface area contributed by atoms with Gasteiger partial charge in [0.15, 0.2) is 0 Å². The minimum absolute atomic E-state index is 0.275. The van der Waals surface area contributed by atoms with Crippen molar-refractivity contribution >= 4 is 24.7 Å². The highest BCUT2D eigenvalue weighted by Crippen LogP contribution is 2.58. The minimum Gasteiger partial charge on any atom is -0.410 e. The van der Waals surface area contributed by atoms with Crippen molar-refractivity contribution in [1.29, 1.82) is 0 Å². The van der Waals surface area contributed by atoms with Gasteiger partial charge in [0.1, 0.15) is 5.75 Å². The number of carbonyl (C=O) groups excluding carboxylic acids is 1. The van der Waals surface area contributed by atoms with E-state index in [9.17, 15) is 9.36 Å². The number of hydrogen-bond acceptors (Lipinski definition) is 7. The third-order valence-electron chi connectivity index (χ3n) is 9.29. The first-order chi connectivity index (χ1) is 17.9. The van der Waals surface area contributed by atoms with Gasteiger partial charge in [-0.05, 0) is 61.9 Å². The molecule has 1 amide bonds. The second kappa shape index (κ2) is 9.69. The summed E-state index contributed by atoms with van der Waals surface area (Å²) in [7, 11) is 1.38. The van der Waals surface area contributed by atoms with E-state index in [4.69, 9.17) is 13.8 Å². The number of piperazine rings is 1. The van der Waals surface area contributed by atoms with E-state index in [1.165, 1.54) is 26.2 Å². The number of nitrogens with zero attached hydrogens (tertiary/aromatic N) is 4. The number of benzene rings is 1. The largest absolute Gasteiger partial charge is 0.439 e. The maximum atomic E-state index is 14.0. The molecule has 2 unspecified atom stereocenters. The quantitative estimate of drug-likeness (QED) is 0.531. The van der Waals surface area contributed by atoms with E-state index in [-0.39, 0.29) is 12.0 Å². The highest BCUT2D eigenvalue weighted by atomic mass is 31.2. The Labute approximate surface area is 219 Å². The van der Waals surface area contributed by atoms with Crippen molar-refractivity contribution in [2.75, 3.05) is 60.5 Å². The fourth-order valence-corrected chi connectivity index (χ4v) is 8.97. The number of likely N-dealkylation sites (N-methyl/N-ethyl adjacent to an activating group) is 1. The summed E-state index contributed by atoms with van der Waals surface area (Å²) in [6.07, 6.45) is 4.07. The standard InChI is InChI=1S/C27H39N4O5P/c1-5-19-14-18-15-23-25(19)30(17-18)9-8-21-22-16-20(36-27(32)29-12-10-28(2)11-13-29)6-7-24(22)31(26(21)23)37(33,34-3)35-4/h6-7,16,18-19,23,25H,5,8-15,17H2,1-4H3/t18-,19-,23+,25?/m0/s1. The SMILES string of the molecule is CC[C@H]1C[C@H]2C[C@H]3c4c(c5cc(OC(=O)N6CCN(C)CC6)ccc5n4P(=O)(OC)OC)CCN(C2)C13. The highest BCUT2D eigenvalue weighted by Gasteiger charge is 2.50. The van der Waals surface area contributed by atoms with Gasteiger partial charge in [-0.3, -0.25) is 18.3 Å². The van der Waals surface area contributed by atoms with Crippen LogP contribution < -0.4 is 4.74 Å². The average Bonchev–Trinajstić information content (AvgIpc) is 3.19. The smallest absolute Gasteiger partial charge is 0.410 e. The lowest BCUT2D eigenvalue weighted by Gasteiger charge is -2.53. The Bertz CT molecular complexity index is 1230. The highest BCUT2D eigenvalue weighted by molar-refractivity contribution is 7.52. The number of piperidine rings is 2. The Morgan fingerprint density at radius 2 is 1.84 bits per heavy atom. The molecule has 1 aromatic carbocycles. The predicted octanol–water partition coefficient (Wildman–Crippen LogP) is 4.40. The van der Waals surface area contributed by atoms with Crippen molar-refractivity contribution in [2.24, 2.45) is 11.8 Å². The van der Waals surface area contributed by atoms with Crippen LogP contribution in [-0.2, 0) is 20.0 Å². The maximum Gasteiger partial charge on any atom is 0.439 e. The molecule has 0 N–H and O–H groups in total. The molecule has 1 saturated carbocycles. The molecule has 5 aliphatic rings. The lowest BCUT2D eigenvalue weighted by Crippen LogP contribution is -2.56. The lowest BCUT2D eigenvalue weighted by molar-refractivity contribution is -0.0138. The van der Waals surface area contributed by atoms with Crippen LogP contribution in [0.25, 0.3) is 10.9 Å². The zero-order valence-electron chi connectivity index (χ0n) is 22.4. The van der Waals surface area contributed by atoms with Crippen LogP contribution >= 0.6 is 7.75 Å². The first kappa shape index (κ1) is 25.4. The second-order valence-electron chi connectivity index (χ2n) is 11.2. The molecule has 0 radical (unpaired) electrons. The van der Waals surface area contributed by atoms with Crippen LogP contribution in [0.2, 0.25) is 0 Å². The van der Waals surface area contributed by atoms with Gasteiger partial charge in [0.05, 0.1) is 5.52 Å². The Morgan fingerprint density at radius 3 is 2.54 bits per heavy atom. The summed E-state index contributed by atoms with van der Waals surface area (Å²) in [5.74, 6) is 2.08. The van der Waals surface area contributed by atoms with Gasteiger partial charge in [0.25, 0.3) is 0 Å². The molecule has 2 aromatic rings. The molecule has 4 fully saturated rings. The molecule has 202 valence electrons. The summed E-state index contributed by atoms with van der Waals surface area (Å²) in [4.78, 5) is 19.6. The van der Waals surface area contributed by atoms with Gasteiger partial charge in [-0.25, -0.2) is 9.36 Å². The molecule has 1 aromatic heterocycles. The van der Waals surface area contributed by atoms with Gasteiger partial charge >= 0.3 is 13.8 Å². The van der Waals surface area contributed by atoms with Gasteiger partial charge in [-0.1, -0.05) is 13.3 Å². The first-order valence-electron chi connectivity index (χ1n) is 13.7. The average molecular weight is 531 g/mol. The Morgan fingerprint density at radius 1 is 1.08 bits per heavy atom. The molecule has 10 heteroatoms. The summed E-state index contributed by atoms with van der Waals surface area (Å²) < 4.78 is 32.9. The van der Waals surface area contributed by atoms with Crippen molar-refractivity contribution in [2.45, 2.75) is 44.6 Å². The van der Waals surface area contributed by atoms with E-state index in [1.807, 2.05) is 16.5 Å². The Hall–Kier alpha value is -1.90. The van der Waals surface area contributed by atoms with E-state index in [2.05, 4.69) is 23.8 Å². The molecular weight excluding hydrogens is 491 g/mol. The minimum atomic E-state index is -3.60. The van der Waals surface area contributed by atoms with Gasteiger partial charge in [0, 0.05) is 76.5 Å². The van der Waals surface area contributed by atoms with E-state index in [0.29, 0.717) is 36.7 Å². The van der Waals surface area contributed by atoms with Gasteiger partial charge in [-0.15, -0.1) is 0 Å². The molecule has 1 aliphatic carbocycles. The molecule has 9 nitrogen and oxygen atoms in total.